The fraction of sp³-hybridized carbons (Fsp3) is 0.167. The van der Waals surface area contributed by atoms with Crippen LogP contribution >= 0.6 is 22.9 Å². The number of carbonyl (C=O) groups is 1. The molecule has 0 aliphatic rings. The van der Waals surface area contributed by atoms with Gasteiger partial charge in [0.15, 0.2) is 6.61 Å². The number of aryl methyl sites for hydroxylation is 1. The topological polar surface area (TPSA) is 113 Å². The minimum absolute atomic E-state index is 0.0341. The number of benzene rings is 1. The van der Waals surface area contributed by atoms with Gasteiger partial charge in [-0.1, -0.05) is 22.8 Å². The average Bonchev–Trinajstić information content (AvgIpc) is 3.46. The molecule has 0 spiro atoms. The molecular formula is C18H13ClN4O5S. The van der Waals surface area contributed by atoms with E-state index in [1.54, 1.807) is 30.3 Å². The van der Waals surface area contributed by atoms with Crippen molar-refractivity contribution in [3.8, 4) is 22.2 Å². The molecule has 11 heteroatoms. The summed E-state index contributed by atoms with van der Waals surface area (Å²) in [6.45, 7) is -0.139. The van der Waals surface area contributed by atoms with E-state index in [1.165, 1.54) is 11.3 Å². The van der Waals surface area contributed by atoms with Crippen LogP contribution in [-0.4, -0.2) is 25.9 Å². The standard InChI is InChI=1S/C18H13ClN4O5S/c19-12-5-3-11(4-6-12)16-20-14(28-22-16)10-26-15(24)7-8-23-18(25)27-17(21-23)13-2-1-9-29-13/h1-6,9H,7-8,10H2. The third kappa shape index (κ3) is 4.61. The first-order valence-electron chi connectivity index (χ1n) is 8.44. The van der Waals surface area contributed by atoms with E-state index in [0.29, 0.717) is 10.8 Å². The van der Waals surface area contributed by atoms with Crippen LogP contribution in [0.3, 0.4) is 0 Å². The van der Waals surface area contributed by atoms with E-state index >= 15 is 0 Å². The summed E-state index contributed by atoms with van der Waals surface area (Å²) in [5.41, 5.74) is 0.725. The maximum atomic E-state index is 12.0. The summed E-state index contributed by atoms with van der Waals surface area (Å²) in [4.78, 5) is 28.7. The van der Waals surface area contributed by atoms with Gasteiger partial charge in [-0.05, 0) is 35.7 Å². The summed E-state index contributed by atoms with van der Waals surface area (Å²) < 4.78 is 16.4. The Morgan fingerprint density at radius 2 is 2.07 bits per heavy atom. The quantitative estimate of drug-likeness (QED) is 0.408. The summed E-state index contributed by atoms with van der Waals surface area (Å²) in [5, 5.41) is 10.4. The van der Waals surface area contributed by atoms with Gasteiger partial charge in [0.25, 0.3) is 11.8 Å². The number of aromatic nitrogens is 4. The van der Waals surface area contributed by atoms with Crippen LogP contribution in [0.4, 0.5) is 0 Å². The smallest absolute Gasteiger partial charge is 0.437 e. The molecule has 3 heterocycles. The highest BCUT2D eigenvalue weighted by Gasteiger charge is 2.14. The van der Waals surface area contributed by atoms with Gasteiger partial charge in [0.1, 0.15) is 0 Å². The number of esters is 1. The largest absolute Gasteiger partial charge is 0.455 e. The molecular weight excluding hydrogens is 420 g/mol. The molecule has 0 fully saturated rings. The fourth-order valence-electron chi connectivity index (χ4n) is 2.39. The SMILES string of the molecule is O=C(CCn1nc(-c2cccs2)oc1=O)OCc1nc(-c2ccc(Cl)cc2)no1. The van der Waals surface area contributed by atoms with Crippen LogP contribution in [-0.2, 0) is 22.7 Å². The molecule has 0 bridgehead atoms. The summed E-state index contributed by atoms with van der Waals surface area (Å²) in [5.74, 6) is -0.432. The van der Waals surface area contributed by atoms with Gasteiger partial charge in [-0.25, -0.2) is 4.79 Å². The average molecular weight is 433 g/mol. The number of ether oxygens (including phenoxy) is 1. The van der Waals surface area contributed by atoms with Crippen molar-refractivity contribution in [1.29, 1.82) is 0 Å². The minimum atomic E-state index is -0.634. The second-order valence-electron chi connectivity index (χ2n) is 5.80. The fourth-order valence-corrected chi connectivity index (χ4v) is 3.16. The van der Waals surface area contributed by atoms with E-state index in [0.717, 1.165) is 15.1 Å². The Bertz CT molecular complexity index is 1160. The Kier molecular flexibility index (Phi) is 5.54. The second-order valence-corrected chi connectivity index (χ2v) is 7.19. The molecule has 0 N–H and O–H groups in total. The van der Waals surface area contributed by atoms with Crippen LogP contribution in [0.1, 0.15) is 12.3 Å². The lowest BCUT2D eigenvalue weighted by molar-refractivity contribution is -0.146. The van der Waals surface area contributed by atoms with E-state index in [2.05, 4.69) is 15.2 Å². The van der Waals surface area contributed by atoms with E-state index in [9.17, 15) is 9.59 Å². The monoisotopic (exact) mass is 432 g/mol. The van der Waals surface area contributed by atoms with Crippen LogP contribution in [0.15, 0.2) is 55.5 Å². The number of thiophene rings is 1. The molecule has 1 aromatic carbocycles. The highest BCUT2D eigenvalue weighted by atomic mass is 35.5. The molecule has 4 rings (SSSR count). The van der Waals surface area contributed by atoms with Gasteiger partial charge in [0, 0.05) is 10.6 Å². The van der Waals surface area contributed by atoms with E-state index in [1.807, 2.05) is 11.4 Å². The van der Waals surface area contributed by atoms with Crippen molar-refractivity contribution < 1.29 is 18.5 Å². The van der Waals surface area contributed by atoms with Gasteiger partial charge < -0.3 is 13.7 Å². The number of carbonyl (C=O) groups excluding carboxylic acids is 1. The van der Waals surface area contributed by atoms with Crippen molar-refractivity contribution in [2.45, 2.75) is 19.6 Å². The van der Waals surface area contributed by atoms with Crippen molar-refractivity contribution in [1.82, 2.24) is 19.9 Å². The van der Waals surface area contributed by atoms with E-state index in [-0.39, 0.29) is 31.4 Å². The number of nitrogens with zero attached hydrogens (tertiary/aromatic N) is 4. The molecule has 148 valence electrons. The maximum Gasteiger partial charge on any atom is 0.437 e. The van der Waals surface area contributed by atoms with Gasteiger partial charge in [-0.15, -0.1) is 16.4 Å². The molecule has 0 aliphatic carbocycles. The lowest BCUT2D eigenvalue weighted by atomic mass is 10.2. The van der Waals surface area contributed by atoms with Crippen molar-refractivity contribution in [3.05, 3.63) is 63.2 Å². The Morgan fingerprint density at radius 3 is 2.83 bits per heavy atom. The minimum Gasteiger partial charge on any atom is -0.455 e. The van der Waals surface area contributed by atoms with Crippen LogP contribution in [0.5, 0.6) is 0 Å². The molecule has 0 saturated carbocycles. The summed E-state index contributed by atoms with van der Waals surface area (Å²) in [6, 6.07) is 10.5. The molecule has 9 nitrogen and oxygen atoms in total. The third-order valence-corrected chi connectivity index (χ3v) is 4.90. The molecule has 29 heavy (non-hydrogen) atoms. The Morgan fingerprint density at radius 1 is 1.24 bits per heavy atom. The molecule has 0 unspecified atom stereocenters. The highest BCUT2D eigenvalue weighted by Crippen LogP contribution is 2.21. The summed E-state index contributed by atoms with van der Waals surface area (Å²) in [6.07, 6.45) is -0.0610. The Labute approximate surface area is 172 Å². The van der Waals surface area contributed by atoms with Crippen molar-refractivity contribution in [2.75, 3.05) is 0 Å². The second kappa shape index (κ2) is 8.41. The zero-order valence-electron chi connectivity index (χ0n) is 14.8. The van der Waals surface area contributed by atoms with Crippen molar-refractivity contribution in [2.24, 2.45) is 0 Å². The molecule has 3 aromatic heterocycles. The van der Waals surface area contributed by atoms with Gasteiger partial charge in [0.2, 0.25) is 5.82 Å². The van der Waals surface area contributed by atoms with Crippen molar-refractivity contribution >= 4 is 28.9 Å². The molecule has 4 aromatic rings. The number of hydrogen-bond donors (Lipinski definition) is 0. The highest BCUT2D eigenvalue weighted by molar-refractivity contribution is 7.13. The van der Waals surface area contributed by atoms with E-state index < -0.39 is 11.7 Å². The van der Waals surface area contributed by atoms with Crippen molar-refractivity contribution in [3.63, 3.8) is 0 Å². The van der Waals surface area contributed by atoms with Crippen LogP contribution in [0.2, 0.25) is 5.02 Å². The van der Waals surface area contributed by atoms with E-state index in [4.69, 9.17) is 25.3 Å². The first-order valence-corrected chi connectivity index (χ1v) is 9.70. The van der Waals surface area contributed by atoms with Gasteiger partial charge in [0.05, 0.1) is 17.8 Å². The molecule has 0 saturated heterocycles. The van der Waals surface area contributed by atoms with Crippen LogP contribution < -0.4 is 5.76 Å². The molecule has 0 atom stereocenters. The van der Waals surface area contributed by atoms with Crippen LogP contribution in [0.25, 0.3) is 22.2 Å². The zero-order chi connectivity index (χ0) is 20.2. The molecule has 0 radical (unpaired) electrons. The lowest BCUT2D eigenvalue weighted by Crippen LogP contribution is -2.18. The maximum absolute atomic E-state index is 12.0. The third-order valence-electron chi connectivity index (χ3n) is 3.79. The number of halogens is 1. The van der Waals surface area contributed by atoms with Gasteiger partial charge in [-0.3, -0.25) is 4.79 Å². The Hall–Kier alpha value is -3.24. The Balaban J connectivity index is 1.30. The number of hydrogen-bond acceptors (Lipinski definition) is 9. The normalized spacial score (nSPS) is 10.9. The zero-order valence-corrected chi connectivity index (χ0v) is 16.4. The predicted octanol–water partition coefficient (Wildman–Crippen LogP) is 3.40. The lowest BCUT2D eigenvalue weighted by Gasteiger charge is -2.01. The first-order chi connectivity index (χ1) is 14.1. The summed E-state index contributed by atoms with van der Waals surface area (Å²) >= 11 is 7.25. The predicted molar refractivity (Wildman–Crippen MR) is 103 cm³/mol. The van der Waals surface area contributed by atoms with Crippen LogP contribution in [0, 0.1) is 0 Å². The first kappa shape index (κ1) is 19.1. The number of rotatable bonds is 7. The molecule has 0 amide bonds. The summed E-state index contributed by atoms with van der Waals surface area (Å²) in [7, 11) is 0. The van der Waals surface area contributed by atoms with Gasteiger partial charge >= 0.3 is 11.7 Å². The molecule has 0 aliphatic heterocycles. The van der Waals surface area contributed by atoms with Gasteiger partial charge in [-0.2, -0.15) is 9.67 Å².